The maximum Gasteiger partial charge on any atom is 0.242 e. The van der Waals surface area contributed by atoms with E-state index in [4.69, 9.17) is 9.72 Å². The number of imidazole rings is 1. The van der Waals surface area contributed by atoms with E-state index in [9.17, 15) is 4.79 Å². The van der Waals surface area contributed by atoms with Crippen LogP contribution in [0, 0.1) is 5.92 Å². The second-order valence-electron chi connectivity index (χ2n) is 8.49. The summed E-state index contributed by atoms with van der Waals surface area (Å²) in [4.78, 5) is 26.4. The first-order valence-corrected chi connectivity index (χ1v) is 12.0. The molecule has 0 radical (unpaired) electrons. The molecule has 0 aromatic carbocycles. The molecule has 2 aromatic heterocycles. The summed E-state index contributed by atoms with van der Waals surface area (Å²) >= 11 is 0. The van der Waals surface area contributed by atoms with Crippen molar-refractivity contribution in [2.45, 2.75) is 78.7 Å². The van der Waals surface area contributed by atoms with Crippen LogP contribution in [0.3, 0.4) is 0 Å². The molecule has 0 fully saturated rings. The fraction of sp³-hybridized carbons (Fsp3) is 0.667. The number of ether oxygens (including phenoxy) is 1. The van der Waals surface area contributed by atoms with Gasteiger partial charge in [-0.25, -0.2) is 9.97 Å². The Morgan fingerprint density at radius 3 is 2.69 bits per heavy atom. The molecule has 2 aromatic rings. The molecule has 0 aliphatic carbocycles. The number of aromatic nitrogens is 4. The van der Waals surface area contributed by atoms with Gasteiger partial charge in [-0.3, -0.25) is 9.36 Å². The second-order valence-corrected chi connectivity index (χ2v) is 8.49. The number of unbranched alkanes of at least 4 members (excludes halogenated alkanes) is 3. The first-order valence-electron chi connectivity index (χ1n) is 12.0. The molecule has 32 heavy (non-hydrogen) atoms. The maximum absolute atomic E-state index is 12.9. The van der Waals surface area contributed by atoms with Gasteiger partial charge >= 0.3 is 0 Å². The molecule has 1 amide bonds. The summed E-state index contributed by atoms with van der Waals surface area (Å²) in [6.07, 6.45) is 12.3. The van der Waals surface area contributed by atoms with Crippen LogP contribution in [-0.4, -0.2) is 51.2 Å². The van der Waals surface area contributed by atoms with Crippen molar-refractivity contribution in [3.63, 3.8) is 0 Å². The van der Waals surface area contributed by atoms with E-state index in [1.54, 1.807) is 17.1 Å². The predicted octanol–water partition coefficient (Wildman–Crippen LogP) is 4.15. The van der Waals surface area contributed by atoms with Crippen LogP contribution < -0.4 is 10.6 Å². The molecule has 2 heterocycles. The van der Waals surface area contributed by atoms with E-state index in [1.165, 1.54) is 19.3 Å². The topological polar surface area (TPSA) is 94.0 Å². The molecule has 2 rings (SSSR count). The van der Waals surface area contributed by atoms with Gasteiger partial charge in [-0.2, -0.15) is 4.98 Å². The summed E-state index contributed by atoms with van der Waals surface area (Å²) < 4.78 is 7.15. The second kappa shape index (κ2) is 14.6. The summed E-state index contributed by atoms with van der Waals surface area (Å²) in [6.45, 7) is 10.4. The van der Waals surface area contributed by atoms with Crippen LogP contribution in [0.25, 0.3) is 5.95 Å². The fourth-order valence-electron chi connectivity index (χ4n) is 3.45. The van der Waals surface area contributed by atoms with Gasteiger partial charge in [0, 0.05) is 43.9 Å². The molecule has 0 aliphatic rings. The molecule has 0 bridgehead atoms. The molecule has 2 N–H and O–H groups in total. The van der Waals surface area contributed by atoms with Crippen LogP contribution in [0.15, 0.2) is 24.8 Å². The molecule has 0 aliphatic heterocycles. The number of carbonyl (C=O) groups excluding carboxylic acids is 1. The average Bonchev–Trinajstić information content (AvgIpc) is 3.31. The van der Waals surface area contributed by atoms with E-state index < -0.39 is 0 Å². The maximum atomic E-state index is 12.9. The van der Waals surface area contributed by atoms with Crippen molar-refractivity contribution in [1.82, 2.24) is 24.8 Å². The van der Waals surface area contributed by atoms with Crippen molar-refractivity contribution in [3.8, 4) is 5.95 Å². The van der Waals surface area contributed by atoms with E-state index >= 15 is 0 Å². The Morgan fingerprint density at radius 2 is 2.00 bits per heavy atom. The third-order valence-corrected chi connectivity index (χ3v) is 5.10. The summed E-state index contributed by atoms with van der Waals surface area (Å²) in [7, 11) is 0. The summed E-state index contributed by atoms with van der Waals surface area (Å²) in [5.41, 5.74) is 0.975. The minimum atomic E-state index is -0.361. The first-order chi connectivity index (χ1) is 15.5. The van der Waals surface area contributed by atoms with Crippen LogP contribution >= 0.6 is 0 Å². The molecule has 0 saturated heterocycles. The minimum Gasteiger partial charge on any atom is -0.382 e. The SMILES string of the molecule is CCCCCCc1cc(N[C@@H](CC(C)C)C(=O)NCCCOCC)nc(-n2ccnc2)n1. The Bertz CT molecular complexity index is 779. The largest absolute Gasteiger partial charge is 0.382 e. The van der Waals surface area contributed by atoms with Crippen LogP contribution in [0.5, 0.6) is 0 Å². The number of carbonyl (C=O) groups is 1. The van der Waals surface area contributed by atoms with Gasteiger partial charge in [0.15, 0.2) is 0 Å². The van der Waals surface area contributed by atoms with Crippen molar-refractivity contribution in [1.29, 1.82) is 0 Å². The number of amides is 1. The number of nitrogens with one attached hydrogen (secondary N) is 2. The molecule has 0 spiro atoms. The van der Waals surface area contributed by atoms with Gasteiger partial charge in [-0.1, -0.05) is 40.0 Å². The molecular formula is C24H40N6O2. The van der Waals surface area contributed by atoms with Gasteiger partial charge in [0.1, 0.15) is 18.2 Å². The van der Waals surface area contributed by atoms with Crippen molar-refractivity contribution in [2.24, 2.45) is 5.92 Å². The average molecular weight is 445 g/mol. The third-order valence-electron chi connectivity index (χ3n) is 5.10. The van der Waals surface area contributed by atoms with Gasteiger partial charge in [0.2, 0.25) is 11.9 Å². The first kappa shape index (κ1) is 25.8. The van der Waals surface area contributed by atoms with Crippen molar-refractivity contribution in [2.75, 3.05) is 25.1 Å². The smallest absolute Gasteiger partial charge is 0.242 e. The van der Waals surface area contributed by atoms with Gasteiger partial charge in [-0.05, 0) is 38.5 Å². The summed E-state index contributed by atoms with van der Waals surface area (Å²) in [6, 6.07) is 1.61. The quantitative estimate of drug-likeness (QED) is 0.378. The van der Waals surface area contributed by atoms with Crippen LogP contribution in [0.1, 0.15) is 71.9 Å². The number of hydrogen-bond acceptors (Lipinski definition) is 6. The van der Waals surface area contributed by atoms with E-state index in [-0.39, 0.29) is 11.9 Å². The molecule has 8 heteroatoms. The van der Waals surface area contributed by atoms with Crippen molar-refractivity contribution in [3.05, 3.63) is 30.5 Å². The van der Waals surface area contributed by atoms with Crippen LogP contribution in [0.4, 0.5) is 5.82 Å². The Kier molecular flexibility index (Phi) is 11.7. The zero-order valence-corrected chi connectivity index (χ0v) is 20.1. The lowest BCUT2D eigenvalue weighted by molar-refractivity contribution is -0.122. The predicted molar refractivity (Wildman–Crippen MR) is 128 cm³/mol. The van der Waals surface area contributed by atoms with E-state index in [0.717, 1.165) is 25.0 Å². The van der Waals surface area contributed by atoms with Gasteiger partial charge < -0.3 is 15.4 Å². The van der Waals surface area contributed by atoms with Gasteiger partial charge in [0.05, 0.1) is 0 Å². The Balaban J connectivity index is 2.13. The molecule has 1 atom stereocenters. The number of hydrogen-bond donors (Lipinski definition) is 2. The highest BCUT2D eigenvalue weighted by atomic mass is 16.5. The Hall–Kier alpha value is -2.48. The highest BCUT2D eigenvalue weighted by molar-refractivity contribution is 5.84. The Labute approximate surface area is 192 Å². The lowest BCUT2D eigenvalue weighted by Crippen LogP contribution is -2.41. The normalized spacial score (nSPS) is 12.2. The van der Waals surface area contributed by atoms with Crippen LogP contribution in [0.2, 0.25) is 0 Å². The lowest BCUT2D eigenvalue weighted by Gasteiger charge is -2.21. The number of anilines is 1. The van der Waals surface area contributed by atoms with E-state index in [1.807, 2.05) is 19.2 Å². The lowest BCUT2D eigenvalue weighted by atomic mass is 10.0. The Morgan fingerprint density at radius 1 is 1.16 bits per heavy atom. The molecular weight excluding hydrogens is 404 g/mol. The molecule has 8 nitrogen and oxygen atoms in total. The van der Waals surface area contributed by atoms with E-state index in [0.29, 0.717) is 43.9 Å². The zero-order valence-electron chi connectivity index (χ0n) is 20.1. The highest BCUT2D eigenvalue weighted by Crippen LogP contribution is 2.17. The van der Waals surface area contributed by atoms with Crippen molar-refractivity contribution < 1.29 is 9.53 Å². The number of nitrogens with zero attached hydrogens (tertiary/aromatic N) is 4. The summed E-state index contributed by atoms with van der Waals surface area (Å²) in [5, 5.41) is 6.41. The third kappa shape index (κ3) is 9.34. The van der Waals surface area contributed by atoms with Crippen LogP contribution in [-0.2, 0) is 16.0 Å². The van der Waals surface area contributed by atoms with Crippen molar-refractivity contribution >= 4 is 11.7 Å². The molecule has 0 unspecified atom stereocenters. The fourth-order valence-corrected chi connectivity index (χ4v) is 3.45. The van der Waals surface area contributed by atoms with E-state index in [2.05, 4.69) is 41.4 Å². The minimum absolute atomic E-state index is 0.0116. The zero-order chi connectivity index (χ0) is 23.2. The number of rotatable bonds is 16. The highest BCUT2D eigenvalue weighted by Gasteiger charge is 2.21. The number of aryl methyl sites for hydroxylation is 1. The summed E-state index contributed by atoms with van der Waals surface area (Å²) in [5.74, 6) is 1.59. The van der Waals surface area contributed by atoms with Gasteiger partial charge in [-0.15, -0.1) is 0 Å². The standard InChI is InChI=1S/C24H40N6O2/c1-5-7-8-9-11-20-17-22(29-24(27-20)30-14-13-25-18-30)28-21(16-19(3)4)23(31)26-12-10-15-32-6-2/h13-14,17-19,21H,5-12,15-16H2,1-4H3,(H,26,31)(H,27,28,29)/t21-/m0/s1. The molecule has 0 saturated carbocycles. The van der Waals surface area contributed by atoms with Gasteiger partial charge in [0.25, 0.3) is 0 Å². The monoisotopic (exact) mass is 444 g/mol. The molecule has 178 valence electrons.